The number of hydrogen-bond acceptors (Lipinski definition) is 4. The quantitative estimate of drug-likeness (QED) is 0.754. The second kappa shape index (κ2) is 8.89. The van der Waals surface area contributed by atoms with E-state index in [4.69, 9.17) is 4.74 Å². The highest BCUT2D eigenvalue weighted by Crippen LogP contribution is 2.28. The van der Waals surface area contributed by atoms with Crippen LogP contribution in [0.5, 0.6) is 0 Å². The predicted molar refractivity (Wildman–Crippen MR) is 85.6 cm³/mol. The van der Waals surface area contributed by atoms with Gasteiger partial charge >= 0.3 is 5.97 Å². The number of amides is 2. The molecule has 2 aliphatic rings. The van der Waals surface area contributed by atoms with Crippen LogP contribution < -0.4 is 5.32 Å². The molecule has 1 saturated heterocycles. The number of carbonyl (C=O) groups is 3. The van der Waals surface area contributed by atoms with Crippen LogP contribution in [0.25, 0.3) is 0 Å². The van der Waals surface area contributed by atoms with E-state index in [1.165, 1.54) is 6.42 Å². The van der Waals surface area contributed by atoms with Crippen molar-refractivity contribution in [3.05, 3.63) is 0 Å². The van der Waals surface area contributed by atoms with Gasteiger partial charge in [-0.1, -0.05) is 19.3 Å². The first-order valence-electron chi connectivity index (χ1n) is 8.87. The van der Waals surface area contributed by atoms with Gasteiger partial charge in [-0.2, -0.15) is 0 Å². The summed E-state index contributed by atoms with van der Waals surface area (Å²) in [7, 11) is 0. The van der Waals surface area contributed by atoms with Gasteiger partial charge in [-0.3, -0.25) is 14.4 Å². The molecule has 6 nitrogen and oxygen atoms in total. The Kier molecular flexibility index (Phi) is 6.86. The van der Waals surface area contributed by atoms with Crippen molar-refractivity contribution >= 4 is 17.8 Å². The molecule has 130 valence electrons. The van der Waals surface area contributed by atoms with Crippen LogP contribution >= 0.6 is 0 Å². The number of hydrogen-bond donors (Lipinski definition) is 1. The summed E-state index contributed by atoms with van der Waals surface area (Å²) in [6, 6.07) is -0.369. The molecule has 1 heterocycles. The molecular weight excluding hydrogens is 296 g/mol. The molecule has 1 aliphatic heterocycles. The highest BCUT2D eigenvalue weighted by molar-refractivity contribution is 5.89. The van der Waals surface area contributed by atoms with E-state index in [0.717, 1.165) is 32.1 Å². The summed E-state index contributed by atoms with van der Waals surface area (Å²) in [5.41, 5.74) is 0. The molecule has 2 rings (SSSR count). The first kappa shape index (κ1) is 17.8. The van der Waals surface area contributed by atoms with E-state index in [2.05, 4.69) is 5.32 Å². The summed E-state index contributed by atoms with van der Waals surface area (Å²) >= 11 is 0. The van der Waals surface area contributed by atoms with Crippen LogP contribution in [0, 0.1) is 5.92 Å². The second-order valence-electron chi connectivity index (χ2n) is 6.37. The summed E-state index contributed by atoms with van der Waals surface area (Å²) < 4.78 is 4.83. The van der Waals surface area contributed by atoms with Gasteiger partial charge in [0.15, 0.2) is 0 Å². The zero-order chi connectivity index (χ0) is 16.7. The smallest absolute Gasteiger partial charge is 0.307 e. The maximum absolute atomic E-state index is 12.7. The lowest BCUT2D eigenvalue weighted by molar-refractivity contribution is -0.144. The molecule has 0 spiro atoms. The number of nitrogens with one attached hydrogen (secondary N) is 1. The summed E-state index contributed by atoms with van der Waals surface area (Å²) in [5.74, 6) is -0.213. The summed E-state index contributed by atoms with van der Waals surface area (Å²) in [5, 5.41) is 2.77. The van der Waals surface area contributed by atoms with Crippen molar-refractivity contribution in [3.63, 3.8) is 0 Å². The monoisotopic (exact) mass is 324 g/mol. The lowest BCUT2D eigenvalue weighted by Crippen LogP contribution is -2.48. The maximum Gasteiger partial charge on any atom is 0.307 e. The van der Waals surface area contributed by atoms with E-state index in [1.807, 2.05) is 0 Å². The molecule has 1 N–H and O–H groups in total. The lowest BCUT2D eigenvalue weighted by Gasteiger charge is -2.30. The van der Waals surface area contributed by atoms with Gasteiger partial charge < -0.3 is 15.0 Å². The third kappa shape index (κ3) is 4.94. The first-order valence-corrected chi connectivity index (χ1v) is 8.87. The molecule has 1 aliphatic carbocycles. The molecule has 0 aromatic heterocycles. The predicted octanol–water partition coefficient (Wildman–Crippen LogP) is 1.63. The van der Waals surface area contributed by atoms with Crippen LogP contribution in [0.2, 0.25) is 0 Å². The average molecular weight is 324 g/mol. The van der Waals surface area contributed by atoms with Crippen molar-refractivity contribution in [1.82, 2.24) is 10.2 Å². The van der Waals surface area contributed by atoms with Crippen LogP contribution in [0.3, 0.4) is 0 Å². The topological polar surface area (TPSA) is 75.7 Å². The maximum atomic E-state index is 12.7. The minimum absolute atomic E-state index is 0.0941. The van der Waals surface area contributed by atoms with Crippen molar-refractivity contribution in [3.8, 4) is 0 Å². The van der Waals surface area contributed by atoms with Gasteiger partial charge in [0.25, 0.3) is 0 Å². The Morgan fingerprint density at radius 3 is 2.52 bits per heavy atom. The second-order valence-corrected chi connectivity index (χ2v) is 6.37. The third-order valence-electron chi connectivity index (χ3n) is 4.73. The SMILES string of the molecule is CCOC(=O)CCNC(=O)[C@H]1CCCN1C(=O)C1CCCCC1. The highest BCUT2D eigenvalue weighted by atomic mass is 16.5. The number of esters is 1. The highest BCUT2D eigenvalue weighted by Gasteiger charge is 2.37. The van der Waals surface area contributed by atoms with E-state index in [1.54, 1.807) is 11.8 Å². The van der Waals surface area contributed by atoms with Crippen molar-refractivity contribution in [2.45, 2.75) is 64.3 Å². The van der Waals surface area contributed by atoms with E-state index in [0.29, 0.717) is 19.6 Å². The molecule has 2 amide bonds. The Bertz CT molecular complexity index is 432. The van der Waals surface area contributed by atoms with Gasteiger partial charge in [0.2, 0.25) is 11.8 Å². The van der Waals surface area contributed by atoms with Gasteiger partial charge in [0.1, 0.15) is 6.04 Å². The first-order chi connectivity index (χ1) is 11.1. The molecule has 1 atom stereocenters. The molecule has 2 fully saturated rings. The third-order valence-corrected chi connectivity index (χ3v) is 4.73. The fourth-order valence-corrected chi connectivity index (χ4v) is 3.53. The minimum Gasteiger partial charge on any atom is -0.466 e. The average Bonchev–Trinajstić information content (AvgIpc) is 3.05. The number of ether oxygens (including phenoxy) is 1. The Morgan fingerprint density at radius 1 is 1.09 bits per heavy atom. The standard InChI is InChI=1S/C17H28N2O4/c1-2-23-15(20)10-11-18-16(21)14-9-6-12-19(14)17(22)13-7-4-3-5-8-13/h13-14H,2-12H2,1H3,(H,18,21)/t14-/m1/s1. The van der Waals surface area contributed by atoms with Gasteiger partial charge in [0.05, 0.1) is 13.0 Å². The van der Waals surface area contributed by atoms with Gasteiger partial charge in [-0.15, -0.1) is 0 Å². The van der Waals surface area contributed by atoms with E-state index in [-0.39, 0.29) is 42.7 Å². The van der Waals surface area contributed by atoms with Gasteiger partial charge in [-0.05, 0) is 32.6 Å². The Labute approximate surface area is 137 Å². The van der Waals surface area contributed by atoms with Crippen LogP contribution in [-0.4, -0.2) is 48.4 Å². The van der Waals surface area contributed by atoms with Gasteiger partial charge in [0, 0.05) is 19.0 Å². The van der Waals surface area contributed by atoms with Crippen molar-refractivity contribution in [2.75, 3.05) is 19.7 Å². The Morgan fingerprint density at radius 2 is 1.83 bits per heavy atom. The Hall–Kier alpha value is -1.59. The normalized spacial score (nSPS) is 22.0. The molecule has 1 saturated carbocycles. The lowest BCUT2D eigenvalue weighted by atomic mass is 9.88. The van der Waals surface area contributed by atoms with Crippen LogP contribution in [-0.2, 0) is 19.1 Å². The van der Waals surface area contributed by atoms with Crippen LogP contribution in [0.4, 0.5) is 0 Å². The summed E-state index contributed by atoms with van der Waals surface area (Å²) in [4.78, 5) is 38.0. The summed E-state index contributed by atoms with van der Waals surface area (Å²) in [6.45, 7) is 3.04. The van der Waals surface area contributed by atoms with Crippen molar-refractivity contribution in [2.24, 2.45) is 5.92 Å². The van der Waals surface area contributed by atoms with E-state index < -0.39 is 0 Å². The van der Waals surface area contributed by atoms with Crippen molar-refractivity contribution in [1.29, 1.82) is 0 Å². The molecular formula is C17H28N2O4. The number of carbonyl (C=O) groups excluding carboxylic acids is 3. The summed E-state index contributed by atoms with van der Waals surface area (Å²) in [6.07, 6.45) is 7.09. The zero-order valence-electron chi connectivity index (χ0n) is 14.0. The molecule has 0 unspecified atom stereocenters. The van der Waals surface area contributed by atoms with E-state index in [9.17, 15) is 14.4 Å². The fourth-order valence-electron chi connectivity index (χ4n) is 3.53. The molecule has 0 bridgehead atoms. The zero-order valence-corrected chi connectivity index (χ0v) is 14.0. The molecule has 23 heavy (non-hydrogen) atoms. The van der Waals surface area contributed by atoms with Crippen LogP contribution in [0.1, 0.15) is 58.3 Å². The number of nitrogens with zero attached hydrogens (tertiary/aromatic N) is 1. The largest absolute Gasteiger partial charge is 0.466 e. The van der Waals surface area contributed by atoms with Crippen molar-refractivity contribution < 1.29 is 19.1 Å². The molecule has 6 heteroatoms. The van der Waals surface area contributed by atoms with Crippen LogP contribution in [0.15, 0.2) is 0 Å². The van der Waals surface area contributed by atoms with E-state index >= 15 is 0 Å². The fraction of sp³-hybridized carbons (Fsp3) is 0.824. The number of likely N-dealkylation sites (tertiary alicyclic amines) is 1. The molecule has 0 aromatic carbocycles. The minimum atomic E-state index is -0.369. The molecule has 0 radical (unpaired) electrons. The number of rotatable bonds is 6. The Balaban J connectivity index is 1.81. The molecule has 0 aromatic rings. The van der Waals surface area contributed by atoms with Gasteiger partial charge in [-0.25, -0.2) is 0 Å².